The van der Waals surface area contributed by atoms with E-state index < -0.39 is 11.3 Å². The molecular weight excluding hydrogens is 121 g/mol. The van der Waals surface area contributed by atoms with Crippen LogP contribution in [0.4, 0.5) is 4.48 Å². The summed E-state index contributed by atoms with van der Waals surface area (Å²) in [6, 6.07) is 0. The minimum atomic E-state index is -2.69. The second kappa shape index (κ2) is 3.06. The third-order valence-electron chi connectivity index (χ3n) is 0.410. The van der Waals surface area contributed by atoms with Crippen LogP contribution in [0.3, 0.4) is 0 Å². The van der Waals surface area contributed by atoms with Crippen molar-refractivity contribution in [2.75, 3.05) is 6.54 Å². The van der Waals surface area contributed by atoms with Crippen LogP contribution >= 0.6 is 0 Å². The summed E-state index contributed by atoms with van der Waals surface area (Å²) in [5.74, 6) is 0. The Balaban J connectivity index is 3.34. The Morgan fingerprint density at radius 2 is 2.43 bits per heavy atom. The molecule has 44 valence electrons. The molecule has 0 aliphatic carbocycles. The molecule has 0 aromatic heterocycles. The van der Waals surface area contributed by atoms with Crippen LogP contribution in [0.25, 0.3) is 0 Å². The van der Waals surface area contributed by atoms with E-state index >= 15 is 0 Å². The van der Waals surface area contributed by atoms with Gasteiger partial charge in [-0.05, 0) is 6.92 Å². The van der Waals surface area contributed by atoms with E-state index in [-0.39, 0.29) is 11.1 Å². The van der Waals surface area contributed by atoms with Crippen LogP contribution in [0.15, 0.2) is 0 Å². The third kappa shape index (κ3) is 2.67. The number of hydrogen-bond acceptors (Lipinski definition) is 2. The van der Waals surface area contributed by atoms with Crippen LogP contribution < -0.4 is 0 Å². The standard InChI is InChI=1S/C2H6FNO2S/c1-2-4(3)7(5)6/h2H2,1H3,(H,5,6)/p-1. The minimum Gasteiger partial charge on any atom is -0.758 e. The molecule has 0 heterocycles. The van der Waals surface area contributed by atoms with E-state index in [9.17, 15) is 13.2 Å². The summed E-state index contributed by atoms with van der Waals surface area (Å²) in [4.78, 5) is 0. The molecule has 1 atom stereocenters. The van der Waals surface area contributed by atoms with Gasteiger partial charge in [0.15, 0.2) is 0 Å². The molecule has 3 nitrogen and oxygen atoms in total. The van der Waals surface area contributed by atoms with Gasteiger partial charge in [-0.2, -0.15) is 0 Å². The van der Waals surface area contributed by atoms with E-state index in [1.807, 2.05) is 0 Å². The van der Waals surface area contributed by atoms with E-state index in [2.05, 4.69) is 0 Å². The molecule has 0 aromatic carbocycles. The average molecular weight is 126 g/mol. The van der Waals surface area contributed by atoms with Gasteiger partial charge in [0.2, 0.25) is 0 Å². The molecule has 0 aliphatic rings. The Bertz CT molecular complexity index is 78.1. The van der Waals surface area contributed by atoms with Crippen molar-refractivity contribution >= 4 is 11.3 Å². The van der Waals surface area contributed by atoms with Gasteiger partial charge in [-0.25, -0.2) is 0 Å². The predicted octanol–water partition coefficient (Wildman–Crippen LogP) is -0.0131. The Hall–Kier alpha value is -0.0000000000000000486. The van der Waals surface area contributed by atoms with Gasteiger partial charge in [-0.3, -0.25) is 4.21 Å². The summed E-state index contributed by atoms with van der Waals surface area (Å²) in [6.45, 7) is 1.27. The smallest absolute Gasteiger partial charge is 0.0503 e. The molecule has 0 aromatic rings. The van der Waals surface area contributed by atoms with Crippen molar-refractivity contribution in [2.24, 2.45) is 0 Å². The normalized spacial score (nSPS) is 14.9. The number of nitrogens with zero attached hydrogens (tertiary/aromatic N) is 1. The van der Waals surface area contributed by atoms with Crippen molar-refractivity contribution < 1.29 is 13.2 Å². The Morgan fingerprint density at radius 1 is 2.00 bits per heavy atom. The molecule has 0 N–H and O–H groups in total. The topological polar surface area (TPSA) is 43.4 Å². The maximum absolute atomic E-state index is 11.5. The zero-order valence-electron chi connectivity index (χ0n) is 3.76. The number of hydrogen-bond donors (Lipinski definition) is 0. The Kier molecular flexibility index (Phi) is 3.06. The summed E-state index contributed by atoms with van der Waals surface area (Å²) in [6.07, 6.45) is 0. The van der Waals surface area contributed by atoms with E-state index in [0.717, 1.165) is 0 Å². The highest BCUT2D eigenvalue weighted by atomic mass is 32.2. The fourth-order valence-corrected chi connectivity index (χ4v) is 0.316. The number of rotatable bonds is 2. The molecule has 7 heavy (non-hydrogen) atoms. The Labute approximate surface area is 43.5 Å². The van der Waals surface area contributed by atoms with Gasteiger partial charge >= 0.3 is 0 Å². The summed E-state index contributed by atoms with van der Waals surface area (Å²) < 4.78 is 30.1. The van der Waals surface area contributed by atoms with Crippen LogP contribution in [-0.4, -0.2) is 19.8 Å². The fraction of sp³-hybridized carbons (Fsp3) is 1.00. The first-order valence-electron chi connectivity index (χ1n) is 1.71. The quantitative estimate of drug-likeness (QED) is 0.385. The first kappa shape index (κ1) is 7.00. The molecule has 0 bridgehead atoms. The summed E-state index contributed by atoms with van der Waals surface area (Å²) in [5, 5.41) is 0. The lowest BCUT2D eigenvalue weighted by Crippen LogP contribution is -2.14. The van der Waals surface area contributed by atoms with Crippen molar-refractivity contribution in [1.82, 2.24) is 4.53 Å². The highest BCUT2D eigenvalue weighted by Gasteiger charge is 1.93. The lowest BCUT2D eigenvalue weighted by molar-refractivity contribution is 0.142. The van der Waals surface area contributed by atoms with Crippen molar-refractivity contribution in [2.45, 2.75) is 6.92 Å². The molecule has 0 rings (SSSR count). The molecule has 0 radical (unpaired) electrons. The van der Waals surface area contributed by atoms with E-state index in [0.29, 0.717) is 0 Å². The van der Waals surface area contributed by atoms with Gasteiger partial charge in [-0.1, -0.05) is 4.53 Å². The van der Waals surface area contributed by atoms with Crippen LogP contribution in [0.2, 0.25) is 0 Å². The van der Waals surface area contributed by atoms with Crippen LogP contribution in [0.5, 0.6) is 0 Å². The van der Waals surface area contributed by atoms with Crippen molar-refractivity contribution in [3.8, 4) is 0 Å². The molecule has 0 spiro atoms. The third-order valence-corrected chi connectivity index (χ3v) is 0.992. The molecule has 5 heteroatoms. The molecule has 0 fully saturated rings. The lowest BCUT2D eigenvalue weighted by Gasteiger charge is -2.09. The van der Waals surface area contributed by atoms with Crippen LogP contribution in [0, 0.1) is 0 Å². The highest BCUT2D eigenvalue weighted by Crippen LogP contribution is 1.88. The first-order chi connectivity index (χ1) is 3.18. The maximum atomic E-state index is 11.5. The molecular formula is C2H5FNO2S-. The fourth-order valence-electron chi connectivity index (χ4n) is 0.105. The van der Waals surface area contributed by atoms with Crippen molar-refractivity contribution in [1.29, 1.82) is 0 Å². The molecule has 0 amide bonds. The number of halogens is 1. The average Bonchev–Trinajstić information content (AvgIpc) is 1.65. The van der Waals surface area contributed by atoms with Crippen molar-refractivity contribution in [3.63, 3.8) is 0 Å². The van der Waals surface area contributed by atoms with Gasteiger partial charge in [0.05, 0.1) is 11.3 Å². The molecule has 0 saturated carbocycles. The summed E-state index contributed by atoms with van der Waals surface area (Å²) in [7, 11) is 0. The monoisotopic (exact) mass is 126 g/mol. The summed E-state index contributed by atoms with van der Waals surface area (Å²) >= 11 is -2.69. The van der Waals surface area contributed by atoms with Gasteiger partial charge in [0.25, 0.3) is 0 Å². The van der Waals surface area contributed by atoms with Crippen LogP contribution in [-0.2, 0) is 11.3 Å². The molecule has 0 saturated heterocycles. The maximum Gasteiger partial charge on any atom is 0.0503 e. The minimum absolute atomic E-state index is 0.129. The zero-order valence-corrected chi connectivity index (χ0v) is 4.57. The van der Waals surface area contributed by atoms with Gasteiger partial charge in [0.1, 0.15) is 0 Å². The van der Waals surface area contributed by atoms with Crippen molar-refractivity contribution in [3.05, 3.63) is 0 Å². The van der Waals surface area contributed by atoms with Crippen LogP contribution in [0.1, 0.15) is 6.92 Å². The van der Waals surface area contributed by atoms with Gasteiger partial charge < -0.3 is 4.55 Å². The van der Waals surface area contributed by atoms with E-state index in [1.54, 1.807) is 0 Å². The lowest BCUT2D eigenvalue weighted by atomic mass is 10.8. The zero-order chi connectivity index (χ0) is 5.86. The highest BCUT2D eigenvalue weighted by molar-refractivity contribution is 7.76. The second-order valence-electron chi connectivity index (χ2n) is 0.851. The van der Waals surface area contributed by atoms with Gasteiger partial charge in [0, 0.05) is 6.54 Å². The summed E-state index contributed by atoms with van der Waals surface area (Å²) in [5.41, 5.74) is 0. The molecule has 1 unspecified atom stereocenters. The predicted molar refractivity (Wildman–Crippen MR) is 22.4 cm³/mol. The molecule has 0 aliphatic heterocycles. The Morgan fingerprint density at radius 3 is 2.43 bits per heavy atom. The first-order valence-corrected chi connectivity index (χ1v) is 2.74. The second-order valence-corrected chi connectivity index (χ2v) is 1.68. The van der Waals surface area contributed by atoms with E-state index in [4.69, 9.17) is 0 Å². The van der Waals surface area contributed by atoms with E-state index in [1.165, 1.54) is 6.92 Å². The SMILES string of the molecule is CCN(F)S(=O)[O-]. The largest absolute Gasteiger partial charge is 0.758 e. The van der Waals surface area contributed by atoms with Gasteiger partial charge in [-0.15, -0.1) is 4.48 Å².